The van der Waals surface area contributed by atoms with Crippen LogP contribution in [0.5, 0.6) is 0 Å². The van der Waals surface area contributed by atoms with Gasteiger partial charge < -0.3 is 14.6 Å². The molecule has 1 aromatic heterocycles. The SMILES string of the molecule is CNC(=O)c1cc(C(=O)C[C@@H]2C[C@H]2C)cn(Cc2cccc(CN3CCOCC3)c2)c1=O. The van der Waals surface area contributed by atoms with Crippen molar-refractivity contribution >= 4 is 11.7 Å². The van der Waals surface area contributed by atoms with Gasteiger partial charge in [0.1, 0.15) is 5.56 Å². The third-order valence-electron chi connectivity index (χ3n) is 6.46. The van der Waals surface area contributed by atoms with E-state index < -0.39 is 5.91 Å². The first-order valence-electron chi connectivity index (χ1n) is 11.3. The highest BCUT2D eigenvalue weighted by molar-refractivity contribution is 6.00. The molecule has 1 saturated heterocycles. The molecule has 7 heteroatoms. The molecule has 32 heavy (non-hydrogen) atoms. The van der Waals surface area contributed by atoms with Crippen LogP contribution in [0.4, 0.5) is 0 Å². The van der Waals surface area contributed by atoms with Gasteiger partial charge in [0.25, 0.3) is 11.5 Å². The molecule has 1 N–H and O–H groups in total. The summed E-state index contributed by atoms with van der Waals surface area (Å²) < 4.78 is 6.91. The van der Waals surface area contributed by atoms with Crippen LogP contribution in [0.3, 0.4) is 0 Å². The van der Waals surface area contributed by atoms with Gasteiger partial charge in [-0.15, -0.1) is 0 Å². The third kappa shape index (κ3) is 5.34. The number of ketones is 1. The minimum atomic E-state index is -0.473. The fraction of sp³-hybridized carbons (Fsp3) is 0.480. The lowest BCUT2D eigenvalue weighted by molar-refractivity contribution is 0.0342. The summed E-state index contributed by atoms with van der Waals surface area (Å²) in [5.74, 6) is 0.485. The van der Waals surface area contributed by atoms with Gasteiger partial charge in [-0.2, -0.15) is 0 Å². The summed E-state index contributed by atoms with van der Waals surface area (Å²) in [6, 6.07) is 9.56. The van der Waals surface area contributed by atoms with Crippen molar-refractivity contribution in [3.05, 3.63) is 69.1 Å². The topological polar surface area (TPSA) is 80.6 Å². The zero-order valence-corrected chi connectivity index (χ0v) is 18.8. The Morgan fingerprint density at radius 2 is 1.81 bits per heavy atom. The van der Waals surface area contributed by atoms with Gasteiger partial charge in [-0.05, 0) is 35.4 Å². The molecule has 170 valence electrons. The minimum Gasteiger partial charge on any atom is -0.379 e. The highest BCUT2D eigenvalue weighted by atomic mass is 16.5. The van der Waals surface area contributed by atoms with Gasteiger partial charge in [0, 0.05) is 44.9 Å². The van der Waals surface area contributed by atoms with Crippen molar-refractivity contribution < 1.29 is 14.3 Å². The van der Waals surface area contributed by atoms with Crippen LogP contribution >= 0.6 is 0 Å². The number of Topliss-reactive ketones (excluding diaryl/α,β-unsaturated/α-hetero) is 1. The van der Waals surface area contributed by atoms with E-state index in [0.29, 0.717) is 30.4 Å². The van der Waals surface area contributed by atoms with Crippen molar-refractivity contribution in [1.82, 2.24) is 14.8 Å². The Morgan fingerprint density at radius 3 is 2.47 bits per heavy atom. The number of benzene rings is 1. The maximum atomic E-state index is 13.0. The number of hydrogen-bond acceptors (Lipinski definition) is 5. The van der Waals surface area contributed by atoms with Crippen molar-refractivity contribution in [2.75, 3.05) is 33.4 Å². The number of nitrogens with zero attached hydrogens (tertiary/aromatic N) is 2. The van der Waals surface area contributed by atoms with Gasteiger partial charge in [0.05, 0.1) is 19.8 Å². The van der Waals surface area contributed by atoms with Crippen LogP contribution in [-0.2, 0) is 17.8 Å². The van der Waals surface area contributed by atoms with E-state index in [0.717, 1.165) is 44.8 Å². The number of morpholine rings is 1. The summed E-state index contributed by atoms with van der Waals surface area (Å²) in [5.41, 5.74) is 2.16. The molecule has 7 nitrogen and oxygen atoms in total. The number of aromatic nitrogens is 1. The molecule has 2 heterocycles. The van der Waals surface area contributed by atoms with Gasteiger partial charge in [-0.3, -0.25) is 19.3 Å². The minimum absolute atomic E-state index is 0.00617. The summed E-state index contributed by atoms with van der Waals surface area (Å²) in [6.07, 6.45) is 3.13. The monoisotopic (exact) mass is 437 g/mol. The molecule has 1 aromatic carbocycles. The fourth-order valence-electron chi connectivity index (χ4n) is 4.28. The Labute approximate surface area is 188 Å². The molecule has 0 radical (unpaired) electrons. The molecular formula is C25H31N3O4. The molecule has 0 unspecified atom stereocenters. The second-order valence-corrected chi connectivity index (χ2v) is 8.96. The first-order valence-corrected chi connectivity index (χ1v) is 11.3. The highest BCUT2D eigenvalue weighted by Crippen LogP contribution is 2.41. The predicted octanol–water partition coefficient (Wildman–Crippen LogP) is 2.32. The molecule has 1 aliphatic carbocycles. The molecule has 2 atom stereocenters. The van der Waals surface area contributed by atoms with E-state index in [1.165, 1.54) is 23.2 Å². The maximum Gasteiger partial charge on any atom is 0.263 e. The molecule has 1 saturated carbocycles. The summed E-state index contributed by atoms with van der Waals surface area (Å²) in [4.78, 5) is 40.5. The normalized spacial score (nSPS) is 20.7. The Morgan fingerprint density at radius 1 is 1.12 bits per heavy atom. The average Bonchev–Trinajstić information content (AvgIpc) is 3.49. The van der Waals surface area contributed by atoms with Crippen molar-refractivity contribution in [2.45, 2.75) is 32.9 Å². The summed E-state index contributed by atoms with van der Waals surface area (Å²) >= 11 is 0. The molecule has 0 spiro atoms. The second-order valence-electron chi connectivity index (χ2n) is 8.96. The van der Waals surface area contributed by atoms with Crippen molar-refractivity contribution in [3.63, 3.8) is 0 Å². The lowest BCUT2D eigenvalue weighted by Crippen LogP contribution is -2.35. The van der Waals surface area contributed by atoms with Gasteiger partial charge in [-0.25, -0.2) is 0 Å². The molecule has 2 aromatic rings. The average molecular weight is 438 g/mol. The number of pyridine rings is 1. The fourth-order valence-corrected chi connectivity index (χ4v) is 4.28. The summed E-state index contributed by atoms with van der Waals surface area (Å²) in [5, 5.41) is 2.51. The Bertz CT molecular complexity index is 1060. The highest BCUT2D eigenvalue weighted by Gasteiger charge is 2.34. The number of hydrogen-bond donors (Lipinski definition) is 1. The van der Waals surface area contributed by atoms with Crippen LogP contribution in [0, 0.1) is 11.8 Å². The number of carbonyl (C=O) groups excluding carboxylic acids is 2. The molecular weight excluding hydrogens is 406 g/mol. The lowest BCUT2D eigenvalue weighted by atomic mass is 10.0. The van der Waals surface area contributed by atoms with Gasteiger partial charge >= 0.3 is 0 Å². The molecule has 0 bridgehead atoms. The van der Waals surface area contributed by atoms with E-state index >= 15 is 0 Å². The van der Waals surface area contributed by atoms with Crippen LogP contribution in [-0.4, -0.2) is 54.5 Å². The number of amides is 1. The Kier molecular flexibility index (Phi) is 6.86. The summed E-state index contributed by atoms with van der Waals surface area (Å²) in [6.45, 7) is 6.58. The number of nitrogens with one attached hydrogen (secondary N) is 1. The standard InChI is InChI=1S/C25H31N3O4/c1-17-10-20(17)13-23(29)21-12-22(24(30)26-2)25(31)28(16-21)15-19-5-3-4-18(11-19)14-27-6-8-32-9-7-27/h3-5,11-12,16-17,20H,6-10,13-15H2,1-2H3,(H,26,30)/t17-,20+/m1/s1. The summed E-state index contributed by atoms with van der Waals surface area (Å²) in [7, 11) is 1.49. The van der Waals surface area contributed by atoms with Gasteiger partial charge in [-0.1, -0.05) is 31.2 Å². The molecule has 4 rings (SSSR count). The van der Waals surface area contributed by atoms with E-state index in [1.807, 2.05) is 12.1 Å². The first kappa shape index (κ1) is 22.4. The zero-order valence-electron chi connectivity index (χ0n) is 18.8. The van der Waals surface area contributed by atoms with Crippen molar-refractivity contribution in [1.29, 1.82) is 0 Å². The zero-order chi connectivity index (χ0) is 22.7. The van der Waals surface area contributed by atoms with Crippen LogP contribution < -0.4 is 10.9 Å². The number of rotatable bonds is 8. The van der Waals surface area contributed by atoms with E-state index in [2.05, 4.69) is 29.3 Å². The maximum absolute atomic E-state index is 13.0. The van der Waals surface area contributed by atoms with Crippen molar-refractivity contribution in [2.24, 2.45) is 11.8 Å². The first-order chi connectivity index (χ1) is 15.4. The molecule has 1 aliphatic heterocycles. The quantitative estimate of drug-likeness (QED) is 0.641. The van der Waals surface area contributed by atoms with E-state index in [9.17, 15) is 14.4 Å². The van der Waals surface area contributed by atoms with E-state index in [4.69, 9.17) is 4.74 Å². The number of ether oxygens (including phenoxy) is 1. The predicted molar refractivity (Wildman–Crippen MR) is 122 cm³/mol. The van der Waals surface area contributed by atoms with E-state index in [1.54, 1.807) is 6.20 Å². The van der Waals surface area contributed by atoms with Crippen LogP contribution in [0.1, 0.15) is 51.6 Å². The molecule has 1 amide bonds. The molecule has 2 fully saturated rings. The Hall–Kier alpha value is -2.77. The van der Waals surface area contributed by atoms with Crippen LogP contribution in [0.15, 0.2) is 41.3 Å². The van der Waals surface area contributed by atoms with Gasteiger partial charge in [0.2, 0.25) is 0 Å². The van der Waals surface area contributed by atoms with E-state index in [-0.39, 0.29) is 16.9 Å². The van der Waals surface area contributed by atoms with Crippen LogP contribution in [0.2, 0.25) is 0 Å². The van der Waals surface area contributed by atoms with Crippen LogP contribution in [0.25, 0.3) is 0 Å². The smallest absolute Gasteiger partial charge is 0.263 e. The lowest BCUT2D eigenvalue weighted by Gasteiger charge is -2.26. The third-order valence-corrected chi connectivity index (χ3v) is 6.46. The largest absolute Gasteiger partial charge is 0.379 e. The second kappa shape index (κ2) is 9.79. The number of carbonyl (C=O) groups is 2. The molecule has 2 aliphatic rings. The Balaban J connectivity index is 1.58. The van der Waals surface area contributed by atoms with Crippen molar-refractivity contribution in [3.8, 4) is 0 Å². The van der Waals surface area contributed by atoms with Gasteiger partial charge in [0.15, 0.2) is 5.78 Å².